The number of hydrogen-bond donors (Lipinski definition) is 2. The second-order valence-electron chi connectivity index (χ2n) is 2.66. The van der Waals surface area contributed by atoms with Crippen LogP contribution in [0.15, 0.2) is 16.6 Å². The highest BCUT2D eigenvalue weighted by atomic mass is 79.9. The molecular formula is C9H11BrN2O2. The molecule has 76 valence electrons. The van der Waals surface area contributed by atoms with Crippen molar-refractivity contribution in [3.63, 3.8) is 0 Å². The smallest absolute Gasteiger partial charge is 0.339 e. The number of nitrogens with one attached hydrogen (secondary N) is 1. The largest absolute Gasteiger partial charge is 0.465 e. The molecule has 1 rings (SSSR count). The minimum absolute atomic E-state index is 0.395. The Balaban J connectivity index is 3.24. The Bertz CT molecular complexity index is 366. The highest BCUT2D eigenvalue weighted by Gasteiger charge is 2.12. The number of methoxy groups -OCH3 is 1. The lowest BCUT2D eigenvalue weighted by Gasteiger charge is -2.08. The van der Waals surface area contributed by atoms with Crippen molar-refractivity contribution < 1.29 is 9.53 Å². The number of ether oxygens (including phenoxy) is 1. The molecule has 3 N–H and O–H groups in total. The Morgan fingerprint density at radius 3 is 2.71 bits per heavy atom. The van der Waals surface area contributed by atoms with E-state index in [2.05, 4.69) is 26.0 Å². The van der Waals surface area contributed by atoms with Crippen molar-refractivity contribution in [2.45, 2.75) is 0 Å². The van der Waals surface area contributed by atoms with Gasteiger partial charge in [-0.15, -0.1) is 0 Å². The fraction of sp³-hybridized carbons (Fsp3) is 0.222. The van der Waals surface area contributed by atoms with Crippen LogP contribution in [0.25, 0.3) is 0 Å². The maximum atomic E-state index is 11.3. The van der Waals surface area contributed by atoms with E-state index in [0.717, 1.165) is 0 Å². The van der Waals surface area contributed by atoms with Crippen molar-refractivity contribution in [2.24, 2.45) is 0 Å². The van der Waals surface area contributed by atoms with Gasteiger partial charge in [-0.1, -0.05) is 0 Å². The molecule has 1 aromatic carbocycles. The molecule has 0 spiro atoms. The van der Waals surface area contributed by atoms with Crippen LogP contribution >= 0.6 is 15.9 Å². The van der Waals surface area contributed by atoms with Gasteiger partial charge in [-0.2, -0.15) is 0 Å². The summed E-state index contributed by atoms with van der Waals surface area (Å²) < 4.78 is 5.24. The summed E-state index contributed by atoms with van der Waals surface area (Å²) in [6.07, 6.45) is 0. The number of rotatable bonds is 2. The van der Waals surface area contributed by atoms with Crippen molar-refractivity contribution >= 4 is 33.3 Å². The number of esters is 1. The predicted octanol–water partition coefficient (Wildman–Crippen LogP) is 1.86. The van der Waals surface area contributed by atoms with Crippen LogP contribution in [-0.2, 0) is 4.74 Å². The molecule has 0 amide bonds. The molecule has 0 aromatic heterocycles. The maximum absolute atomic E-state index is 11.3. The van der Waals surface area contributed by atoms with Gasteiger partial charge in [-0.25, -0.2) is 4.79 Å². The Morgan fingerprint density at radius 1 is 1.57 bits per heavy atom. The molecule has 4 nitrogen and oxygen atoms in total. The van der Waals surface area contributed by atoms with E-state index < -0.39 is 5.97 Å². The number of nitrogens with two attached hydrogens (primary N) is 1. The SMILES string of the molecule is CNc1cc(C(=O)OC)c(Br)cc1N. The third-order valence-corrected chi connectivity index (χ3v) is 2.47. The van der Waals surface area contributed by atoms with Crippen LogP contribution in [0.3, 0.4) is 0 Å². The molecule has 0 heterocycles. The average Bonchev–Trinajstić information content (AvgIpc) is 2.17. The first-order chi connectivity index (χ1) is 6.60. The van der Waals surface area contributed by atoms with Crippen molar-refractivity contribution in [2.75, 3.05) is 25.2 Å². The van der Waals surface area contributed by atoms with E-state index in [0.29, 0.717) is 21.4 Å². The molecule has 0 aliphatic carbocycles. The van der Waals surface area contributed by atoms with Gasteiger partial charge in [-0.3, -0.25) is 0 Å². The normalized spacial score (nSPS) is 9.64. The number of carbonyl (C=O) groups excluding carboxylic acids is 1. The zero-order valence-corrected chi connectivity index (χ0v) is 9.51. The first-order valence-corrected chi connectivity index (χ1v) is 4.74. The van der Waals surface area contributed by atoms with E-state index in [4.69, 9.17) is 5.73 Å². The first kappa shape index (κ1) is 10.8. The summed E-state index contributed by atoms with van der Waals surface area (Å²) >= 11 is 3.24. The molecular weight excluding hydrogens is 248 g/mol. The zero-order chi connectivity index (χ0) is 10.7. The highest BCUT2D eigenvalue weighted by Crippen LogP contribution is 2.27. The third-order valence-electron chi connectivity index (χ3n) is 1.81. The first-order valence-electron chi connectivity index (χ1n) is 3.95. The summed E-state index contributed by atoms with van der Waals surface area (Å²) in [6, 6.07) is 3.31. The number of halogens is 1. The molecule has 0 aliphatic heterocycles. The van der Waals surface area contributed by atoms with Gasteiger partial charge in [0.15, 0.2) is 0 Å². The Labute approximate surface area is 90.6 Å². The van der Waals surface area contributed by atoms with Crippen LogP contribution in [0.5, 0.6) is 0 Å². The molecule has 0 atom stereocenters. The molecule has 0 aliphatic rings. The topological polar surface area (TPSA) is 64.3 Å². The molecule has 0 unspecified atom stereocenters. The van der Waals surface area contributed by atoms with Gasteiger partial charge in [0.2, 0.25) is 0 Å². The van der Waals surface area contributed by atoms with Crippen LogP contribution in [0.4, 0.5) is 11.4 Å². The Morgan fingerprint density at radius 2 is 2.21 bits per heavy atom. The molecule has 0 fully saturated rings. The Kier molecular flexibility index (Phi) is 3.35. The second kappa shape index (κ2) is 4.32. The van der Waals surface area contributed by atoms with Gasteiger partial charge in [0, 0.05) is 11.5 Å². The van der Waals surface area contributed by atoms with E-state index in [9.17, 15) is 4.79 Å². The Hall–Kier alpha value is -1.23. The van der Waals surface area contributed by atoms with E-state index in [1.54, 1.807) is 19.2 Å². The lowest BCUT2D eigenvalue weighted by atomic mass is 10.2. The quantitative estimate of drug-likeness (QED) is 0.628. The van der Waals surface area contributed by atoms with Gasteiger partial charge in [-0.05, 0) is 28.1 Å². The average molecular weight is 259 g/mol. The van der Waals surface area contributed by atoms with Crippen molar-refractivity contribution in [1.29, 1.82) is 0 Å². The van der Waals surface area contributed by atoms with Crippen molar-refractivity contribution in [3.05, 3.63) is 22.2 Å². The number of nitrogen functional groups attached to an aromatic ring is 1. The zero-order valence-electron chi connectivity index (χ0n) is 7.93. The van der Waals surface area contributed by atoms with Gasteiger partial charge in [0.1, 0.15) is 0 Å². The second-order valence-corrected chi connectivity index (χ2v) is 3.52. The van der Waals surface area contributed by atoms with Gasteiger partial charge < -0.3 is 15.8 Å². The fourth-order valence-corrected chi connectivity index (χ4v) is 1.59. The number of benzene rings is 1. The third kappa shape index (κ3) is 1.98. The van der Waals surface area contributed by atoms with E-state index in [1.165, 1.54) is 7.11 Å². The standard InChI is InChI=1S/C9H11BrN2O2/c1-12-8-3-5(9(13)14-2)6(10)4-7(8)11/h3-4,12H,11H2,1-2H3. The summed E-state index contributed by atoms with van der Waals surface area (Å²) in [7, 11) is 3.07. The summed E-state index contributed by atoms with van der Waals surface area (Å²) in [5.41, 5.74) is 7.43. The predicted molar refractivity (Wildman–Crippen MR) is 59.4 cm³/mol. The van der Waals surface area contributed by atoms with Crippen LogP contribution in [-0.4, -0.2) is 20.1 Å². The molecule has 0 radical (unpaired) electrons. The van der Waals surface area contributed by atoms with Gasteiger partial charge in [0.05, 0.1) is 24.0 Å². The molecule has 14 heavy (non-hydrogen) atoms. The van der Waals surface area contributed by atoms with Gasteiger partial charge >= 0.3 is 5.97 Å². The molecule has 0 bridgehead atoms. The minimum atomic E-state index is -0.395. The monoisotopic (exact) mass is 258 g/mol. The number of hydrogen-bond acceptors (Lipinski definition) is 4. The molecule has 1 aromatic rings. The summed E-state index contributed by atoms with van der Waals surface area (Å²) in [6.45, 7) is 0. The van der Waals surface area contributed by atoms with E-state index >= 15 is 0 Å². The van der Waals surface area contributed by atoms with Gasteiger partial charge in [0.25, 0.3) is 0 Å². The highest BCUT2D eigenvalue weighted by molar-refractivity contribution is 9.10. The van der Waals surface area contributed by atoms with Crippen molar-refractivity contribution in [3.8, 4) is 0 Å². The molecule has 0 saturated carbocycles. The molecule has 5 heteroatoms. The number of anilines is 2. The maximum Gasteiger partial charge on any atom is 0.339 e. The summed E-state index contributed by atoms with van der Waals surface area (Å²) in [5.74, 6) is -0.395. The lowest BCUT2D eigenvalue weighted by Crippen LogP contribution is -2.05. The molecule has 0 saturated heterocycles. The summed E-state index contributed by atoms with van der Waals surface area (Å²) in [5, 5.41) is 2.89. The van der Waals surface area contributed by atoms with E-state index in [-0.39, 0.29) is 0 Å². The number of carbonyl (C=O) groups is 1. The van der Waals surface area contributed by atoms with Crippen LogP contribution in [0.2, 0.25) is 0 Å². The van der Waals surface area contributed by atoms with E-state index in [1.807, 2.05) is 0 Å². The fourth-order valence-electron chi connectivity index (χ4n) is 1.07. The van der Waals surface area contributed by atoms with Crippen molar-refractivity contribution in [1.82, 2.24) is 0 Å². The minimum Gasteiger partial charge on any atom is -0.465 e. The van der Waals surface area contributed by atoms with Crippen LogP contribution < -0.4 is 11.1 Å². The van der Waals surface area contributed by atoms with Crippen LogP contribution in [0, 0.1) is 0 Å². The van der Waals surface area contributed by atoms with Crippen LogP contribution in [0.1, 0.15) is 10.4 Å². The summed E-state index contributed by atoms with van der Waals surface area (Å²) in [4.78, 5) is 11.3. The lowest BCUT2D eigenvalue weighted by molar-refractivity contribution is 0.0600.